The van der Waals surface area contributed by atoms with Crippen molar-refractivity contribution in [3.8, 4) is 0 Å². The predicted octanol–water partition coefficient (Wildman–Crippen LogP) is 1.34. The Kier molecular flexibility index (Phi) is 1.93. The van der Waals surface area contributed by atoms with Crippen LogP contribution < -0.4 is 11.1 Å². The highest BCUT2D eigenvalue weighted by atomic mass is 16.2. The number of nitrogens with two attached hydrogens (primary N) is 1. The Balaban J connectivity index is 2.23. The summed E-state index contributed by atoms with van der Waals surface area (Å²) in [5.41, 5.74) is 7.61. The maximum Gasteiger partial charge on any atom is 0.312 e. The molecule has 0 unspecified atom stereocenters. The second-order valence-electron chi connectivity index (χ2n) is 3.30. The molecule has 0 heterocycles. The highest BCUT2D eigenvalue weighted by Crippen LogP contribution is 2.30. The Morgan fingerprint density at radius 2 is 2.23 bits per heavy atom. The van der Waals surface area contributed by atoms with E-state index < -0.39 is 6.03 Å². The highest BCUT2D eigenvalue weighted by Gasteiger charge is 2.22. The number of fused-ring (bicyclic) bond motifs is 1. The van der Waals surface area contributed by atoms with Gasteiger partial charge in [-0.1, -0.05) is 24.3 Å². The second-order valence-corrected chi connectivity index (χ2v) is 3.30. The van der Waals surface area contributed by atoms with Gasteiger partial charge in [-0.2, -0.15) is 0 Å². The van der Waals surface area contributed by atoms with E-state index in [1.807, 2.05) is 18.2 Å². The molecule has 0 aliphatic heterocycles. The zero-order chi connectivity index (χ0) is 9.26. The Labute approximate surface area is 76.9 Å². The third-order valence-electron chi connectivity index (χ3n) is 2.45. The smallest absolute Gasteiger partial charge is 0.312 e. The minimum Gasteiger partial charge on any atom is -0.352 e. The van der Waals surface area contributed by atoms with E-state index in [2.05, 4.69) is 11.4 Å². The molecule has 1 aromatic rings. The average Bonchev–Trinajstić information content (AvgIpc) is 2.48. The van der Waals surface area contributed by atoms with Gasteiger partial charge >= 0.3 is 6.03 Å². The van der Waals surface area contributed by atoms with Gasteiger partial charge in [0.15, 0.2) is 0 Å². The van der Waals surface area contributed by atoms with Gasteiger partial charge < -0.3 is 11.1 Å². The van der Waals surface area contributed by atoms with Gasteiger partial charge in [0.1, 0.15) is 0 Å². The normalized spacial score (nSPS) is 19.5. The number of rotatable bonds is 1. The third kappa shape index (κ3) is 1.49. The van der Waals surface area contributed by atoms with Crippen LogP contribution in [0.5, 0.6) is 0 Å². The molecule has 3 N–H and O–H groups in total. The van der Waals surface area contributed by atoms with E-state index >= 15 is 0 Å². The third-order valence-corrected chi connectivity index (χ3v) is 2.45. The summed E-state index contributed by atoms with van der Waals surface area (Å²) >= 11 is 0. The number of amides is 2. The number of aryl methyl sites for hydroxylation is 1. The summed E-state index contributed by atoms with van der Waals surface area (Å²) in [6.45, 7) is 0. The number of carbonyl (C=O) groups is 1. The topological polar surface area (TPSA) is 55.1 Å². The average molecular weight is 176 g/mol. The van der Waals surface area contributed by atoms with E-state index in [1.54, 1.807) is 0 Å². The van der Waals surface area contributed by atoms with Gasteiger partial charge in [-0.3, -0.25) is 0 Å². The molecule has 68 valence electrons. The Hall–Kier alpha value is -1.51. The van der Waals surface area contributed by atoms with Gasteiger partial charge in [-0.15, -0.1) is 0 Å². The van der Waals surface area contributed by atoms with Crippen LogP contribution in [0.2, 0.25) is 0 Å². The van der Waals surface area contributed by atoms with Crippen LogP contribution in [0, 0.1) is 0 Å². The lowest BCUT2D eigenvalue weighted by molar-refractivity contribution is 0.245. The molecule has 1 aliphatic carbocycles. The molecule has 1 aliphatic rings. The van der Waals surface area contributed by atoms with E-state index in [-0.39, 0.29) is 6.04 Å². The van der Waals surface area contributed by atoms with Gasteiger partial charge in [0, 0.05) is 0 Å². The molecule has 13 heavy (non-hydrogen) atoms. The fraction of sp³-hybridized carbons (Fsp3) is 0.300. The Morgan fingerprint density at radius 1 is 1.46 bits per heavy atom. The summed E-state index contributed by atoms with van der Waals surface area (Å²) < 4.78 is 0. The number of nitrogens with one attached hydrogen (secondary N) is 1. The Bertz CT molecular complexity index is 335. The largest absolute Gasteiger partial charge is 0.352 e. The molecule has 1 aromatic carbocycles. The van der Waals surface area contributed by atoms with Crippen LogP contribution in [0.3, 0.4) is 0 Å². The van der Waals surface area contributed by atoms with E-state index in [0.29, 0.717) is 0 Å². The number of urea groups is 1. The van der Waals surface area contributed by atoms with Crippen molar-refractivity contribution in [1.82, 2.24) is 5.32 Å². The minimum absolute atomic E-state index is 0.119. The number of carbonyl (C=O) groups excluding carboxylic acids is 1. The molecular weight excluding hydrogens is 164 g/mol. The van der Waals surface area contributed by atoms with Gasteiger partial charge in [-0.05, 0) is 24.0 Å². The molecule has 0 radical (unpaired) electrons. The van der Waals surface area contributed by atoms with Crippen LogP contribution in [0.1, 0.15) is 23.6 Å². The van der Waals surface area contributed by atoms with Crippen LogP contribution in [-0.2, 0) is 6.42 Å². The lowest BCUT2D eigenvalue weighted by Gasteiger charge is -2.11. The molecule has 2 rings (SSSR count). The standard InChI is InChI=1S/C10H12N2O/c11-10(13)12-9-6-5-7-3-1-2-4-8(7)9/h1-4,9H,5-6H2,(H3,11,12,13)/t9-/m0/s1. The van der Waals surface area contributed by atoms with E-state index in [4.69, 9.17) is 5.73 Å². The van der Waals surface area contributed by atoms with E-state index in [0.717, 1.165) is 12.8 Å². The van der Waals surface area contributed by atoms with Crippen LogP contribution in [-0.4, -0.2) is 6.03 Å². The molecule has 0 saturated heterocycles. The zero-order valence-corrected chi connectivity index (χ0v) is 7.29. The summed E-state index contributed by atoms with van der Waals surface area (Å²) in [6.07, 6.45) is 1.99. The fourth-order valence-corrected chi connectivity index (χ4v) is 1.88. The lowest BCUT2D eigenvalue weighted by atomic mass is 10.1. The molecule has 1 atom stereocenters. The monoisotopic (exact) mass is 176 g/mol. The van der Waals surface area contributed by atoms with Crippen molar-refractivity contribution in [3.63, 3.8) is 0 Å². The molecule has 0 bridgehead atoms. The molecule has 0 spiro atoms. The van der Waals surface area contributed by atoms with Crippen LogP contribution in [0.25, 0.3) is 0 Å². The molecular formula is C10H12N2O. The summed E-state index contributed by atoms with van der Waals surface area (Å²) in [6, 6.07) is 7.82. The van der Waals surface area contributed by atoms with Crippen molar-refractivity contribution in [2.75, 3.05) is 0 Å². The number of primary amides is 1. The summed E-state index contributed by atoms with van der Waals surface area (Å²) in [5.74, 6) is 0. The van der Waals surface area contributed by atoms with Gasteiger partial charge in [0.05, 0.1) is 6.04 Å². The predicted molar refractivity (Wildman–Crippen MR) is 50.2 cm³/mol. The van der Waals surface area contributed by atoms with Crippen molar-refractivity contribution < 1.29 is 4.79 Å². The zero-order valence-electron chi connectivity index (χ0n) is 7.29. The number of benzene rings is 1. The van der Waals surface area contributed by atoms with E-state index in [9.17, 15) is 4.79 Å². The molecule has 0 aromatic heterocycles. The van der Waals surface area contributed by atoms with Crippen molar-refractivity contribution in [2.24, 2.45) is 5.73 Å². The van der Waals surface area contributed by atoms with Crippen LogP contribution in [0.4, 0.5) is 4.79 Å². The molecule has 3 nitrogen and oxygen atoms in total. The van der Waals surface area contributed by atoms with Gasteiger partial charge in [0.25, 0.3) is 0 Å². The maximum atomic E-state index is 10.7. The highest BCUT2D eigenvalue weighted by molar-refractivity contribution is 5.72. The first-order valence-corrected chi connectivity index (χ1v) is 4.41. The molecule has 2 amide bonds. The number of hydrogen-bond donors (Lipinski definition) is 2. The van der Waals surface area contributed by atoms with Crippen molar-refractivity contribution in [3.05, 3.63) is 35.4 Å². The molecule has 0 fully saturated rings. The SMILES string of the molecule is NC(=O)N[C@H]1CCc2ccccc21. The van der Waals surface area contributed by atoms with Crippen LogP contribution in [0.15, 0.2) is 24.3 Å². The quantitative estimate of drug-likeness (QED) is 0.666. The summed E-state index contributed by atoms with van der Waals surface area (Å²) in [4.78, 5) is 10.7. The van der Waals surface area contributed by atoms with Gasteiger partial charge in [-0.25, -0.2) is 4.79 Å². The summed E-state index contributed by atoms with van der Waals surface area (Å²) in [5, 5.41) is 2.74. The lowest BCUT2D eigenvalue weighted by Crippen LogP contribution is -2.32. The van der Waals surface area contributed by atoms with E-state index in [1.165, 1.54) is 11.1 Å². The first-order valence-electron chi connectivity index (χ1n) is 4.41. The van der Waals surface area contributed by atoms with Crippen molar-refractivity contribution in [2.45, 2.75) is 18.9 Å². The maximum absolute atomic E-state index is 10.7. The fourth-order valence-electron chi connectivity index (χ4n) is 1.88. The van der Waals surface area contributed by atoms with Crippen LogP contribution >= 0.6 is 0 Å². The minimum atomic E-state index is -0.443. The number of hydrogen-bond acceptors (Lipinski definition) is 1. The second kappa shape index (κ2) is 3.09. The first kappa shape index (κ1) is 8.10. The molecule has 3 heteroatoms. The van der Waals surface area contributed by atoms with Crippen molar-refractivity contribution >= 4 is 6.03 Å². The van der Waals surface area contributed by atoms with Crippen molar-refractivity contribution in [1.29, 1.82) is 0 Å². The Morgan fingerprint density at radius 3 is 3.00 bits per heavy atom. The summed E-state index contributed by atoms with van der Waals surface area (Å²) in [7, 11) is 0. The van der Waals surface area contributed by atoms with Gasteiger partial charge in [0.2, 0.25) is 0 Å². The first-order chi connectivity index (χ1) is 6.27. The molecule has 0 saturated carbocycles.